The van der Waals surface area contributed by atoms with Gasteiger partial charge in [0.25, 0.3) is 0 Å². The molecule has 2 aliphatic carbocycles. The van der Waals surface area contributed by atoms with Crippen molar-refractivity contribution in [3.63, 3.8) is 0 Å². The van der Waals surface area contributed by atoms with Crippen LogP contribution in [-0.2, 0) is 4.74 Å². The van der Waals surface area contributed by atoms with Gasteiger partial charge in [0.05, 0.1) is 31.6 Å². The maximum atomic E-state index is 10.7. The van der Waals surface area contributed by atoms with Crippen molar-refractivity contribution in [2.24, 2.45) is 16.7 Å². The summed E-state index contributed by atoms with van der Waals surface area (Å²) in [6, 6.07) is 8.20. The van der Waals surface area contributed by atoms with Crippen LogP contribution in [0.2, 0.25) is 0 Å². The van der Waals surface area contributed by atoms with Crippen molar-refractivity contribution in [2.45, 2.75) is 52.2 Å². The third kappa shape index (κ3) is 4.01. The van der Waals surface area contributed by atoms with Gasteiger partial charge in [0, 0.05) is 32.7 Å². The molecule has 3 fully saturated rings. The van der Waals surface area contributed by atoms with E-state index in [9.17, 15) is 5.11 Å². The van der Waals surface area contributed by atoms with Gasteiger partial charge in [-0.05, 0) is 48.1 Å². The zero-order chi connectivity index (χ0) is 20.6. The molecule has 0 radical (unpaired) electrons. The van der Waals surface area contributed by atoms with Crippen molar-refractivity contribution in [1.29, 1.82) is 0 Å². The lowest BCUT2D eigenvalue weighted by Crippen LogP contribution is -2.50. The standard InChI is InChI=1S/C24H38N2O3/c1-23(2)18-9-10-24(3,15-18)22(23)29-17-19(27)16-25-11-13-26(14-12-25)20-7-5-6-8-21(20)28-4/h5-8,18-19,22,27H,9-17H2,1-4H3/t18-,19-,22+,24-/m0/s1. The highest BCUT2D eigenvalue weighted by Crippen LogP contribution is 2.63. The van der Waals surface area contributed by atoms with Gasteiger partial charge in [-0.15, -0.1) is 0 Å². The number of ether oxygens (including phenoxy) is 2. The molecule has 162 valence electrons. The zero-order valence-electron chi connectivity index (χ0n) is 18.6. The first kappa shape index (κ1) is 21.0. The smallest absolute Gasteiger partial charge is 0.142 e. The van der Waals surface area contributed by atoms with Gasteiger partial charge in [-0.3, -0.25) is 4.90 Å². The number of methoxy groups -OCH3 is 1. The van der Waals surface area contributed by atoms with Crippen molar-refractivity contribution in [2.75, 3.05) is 51.3 Å². The Morgan fingerprint density at radius 2 is 1.86 bits per heavy atom. The van der Waals surface area contributed by atoms with Crippen molar-refractivity contribution in [1.82, 2.24) is 4.90 Å². The normalized spacial score (nSPS) is 32.5. The SMILES string of the molecule is COc1ccccc1N1CCN(C[C@H](O)CO[C@@H]2C(C)(C)[C@H]3CC[C@@]2(C)C3)CC1. The number of β-amino-alcohol motifs (C(OH)–C–C–N with tert-alkyl or cyclic N) is 1. The van der Waals surface area contributed by atoms with Crippen LogP contribution in [-0.4, -0.2) is 68.7 Å². The van der Waals surface area contributed by atoms with E-state index >= 15 is 0 Å². The molecule has 1 saturated heterocycles. The summed E-state index contributed by atoms with van der Waals surface area (Å²) < 4.78 is 11.9. The summed E-state index contributed by atoms with van der Waals surface area (Å²) in [4.78, 5) is 4.73. The Labute approximate surface area is 176 Å². The molecule has 5 nitrogen and oxygen atoms in total. The first-order chi connectivity index (χ1) is 13.8. The van der Waals surface area contributed by atoms with Crippen LogP contribution >= 0.6 is 0 Å². The van der Waals surface area contributed by atoms with Gasteiger partial charge in [-0.2, -0.15) is 0 Å². The second-order valence-corrected chi connectivity index (χ2v) is 10.2. The lowest BCUT2D eigenvalue weighted by atomic mass is 9.70. The average molecular weight is 403 g/mol. The van der Waals surface area contributed by atoms with Crippen molar-refractivity contribution in [3.05, 3.63) is 24.3 Å². The highest BCUT2D eigenvalue weighted by Gasteiger charge is 2.60. The van der Waals surface area contributed by atoms with E-state index in [1.165, 1.54) is 19.3 Å². The van der Waals surface area contributed by atoms with Crippen LogP contribution in [0.25, 0.3) is 0 Å². The van der Waals surface area contributed by atoms with E-state index in [1.807, 2.05) is 12.1 Å². The number of rotatable bonds is 7. The van der Waals surface area contributed by atoms with E-state index < -0.39 is 6.10 Å². The quantitative estimate of drug-likeness (QED) is 0.757. The summed E-state index contributed by atoms with van der Waals surface area (Å²) in [7, 11) is 1.73. The van der Waals surface area contributed by atoms with Gasteiger partial charge in [0.1, 0.15) is 5.75 Å². The minimum absolute atomic E-state index is 0.229. The maximum Gasteiger partial charge on any atom is 0.142 e. The summed E-state index contributed by atoms with van der Waals surface area (Å²) in [5.74, 6) is 1.70. The largest absolute Gasteiger partial charge is 0.495 e. The number of aliphatic hydroxyl groups is 1. The number of anilines is 1. The van der Waals surface area contributed by atoms with Gasteiger partial charge in [-0.25, -0.2) is 0 Å². The molecule has 1 aromatic rings. The van der Waals surface area contributed by atoms with E-state index in [-0.39, 0.29) is 11.5 Å². The van der Waals surface area contributed by atoms with Gasteiger partial charge in [0.2, 0.25) is 0 Å². The van der Waals surface area contributed by atoms with E-state index in [2.05, 4.69) is 42.7 Å². The highest BCUT2D eigenvalue weighted by molar-refractivity contribution is 5.58. The molecule has 2 bridgehead atoms. The van der Waals surface area contributed by atoms with Crippen LogP contribution in [0.3, 0.4) is 0 Å². The molecule has 0 aromatic heterocycles. The first-order valence-electron chi connectivity index (χ1n) is 11.2. The number of hydrogen-bond donors (Lipinski definition) is 1. The number of para-hydroxylation sites is 2. The second-order valence-electron chi connectivity index (χ2n) is 10.2. The van der Waals surface area contributed by atoms with Gasteiger partial charge in [0.15, 0.2) is 0 Å². The van der Waals surface area contributed by atoms with Crippen molar-refractivity contribution in [3.8, 4) is 5.75 Å². The molecule has 3 aliphatic rings. The monoisotopic (exact) mass is 402 g/mol. The van der Waals surface area contributed by atoms with Crippen LogP contribution in [0, 0.1) is 16.7 Å². The van der Waals surface area contributed by atoms with E-state index in [0.29, 0.717) is 18.6 Å². The highest BCUT2D eigenvalue weighted by atomic mass is 16.5. The first-order valence-corrected chi connectivity index (χ1v) is 11.2. The number of piperazine rings is 1. The third-order valence-electron chi connectivity index (χ3n) is 7.86. The molecule has 29 heavy (non-hydrogen) atoms. The van der Waals surface area contributed by atoms with Crippen LogP contribution in [0.15, 0.2) is 24.3 Å². The molecule has 0 unspecified atom stereocenters. The predicted molar refractivity (Wildman–Crippen MR) is 117 cm³/mol. The molecule has 1 aliphatic heterocycles. The summed E-state index contributed by atoms with van der Waals surface area (Å²) in [5, 5.41) is 10.7. The Morgan fingerprint density at radius 3 is 2.52 bits per heavy atom. The Hall–Kier alpha value is -1.30. The lowest BCUT2D eigenvalue weighted by Gasteiger charge is -2.43. The minimum atomic E-state index is -0.425. The summed E-state index contributed by atoms with van der Waals surface area (Å²) in [6.45, 7) is 12.0. The predicted octanol–water partition coefficient (Wildman–Crippen LogP) is 3.41. The molecule has 1 heterocycles. The van der Waals surface area contributed by atoms with Crippen LogP contribution in [0.1, 0.15) is 40.0 Å². The molecule has 0 amide bonds. The Kier molecular flexibility index (Phi) is 5.84. The lowest BCUT2D eigenvalue weighted by molar-refractivity contribution is -0.113. The van der Waals surface area contributed by atoms with Crippen LogP contribution in [0.5, 0.6) is 5.75 Å². The number of nitrogens with zero attached hydrogens (tertiary/aromatic N) is 2. The number of aliphatic hydroxyl groups excluding tert-OH is 1. The molecule has 1 N–H and O–H groups in total. The molecule has 4 rings (SSSR count). The number of hydrogen-bond acceptors (Lipinski definition) is 5. The van der Waals surface area contributed by atoms with Crippen molar-refractivity contribution >= 4 is 5.69 Å². The maximum absolute atomic E-state index is 10.7. The molecule has 2 saturated carbocycles. The van der Waals surface area contributed by atoms with Gasteiger partial charge in [-0.1, -0.05) is 32.9 Å². The minimum Gasteiger partial charge on any atom is -0.495 e. The van der Waals surface area contributed by atoms with Crippen LogP contribution in [0.4, 0.5) is 5.69 Å². The number of benzene rings is 1. The fraction of sp³-hybridized carbons (Fsp3) is 0.750. The van der Waals surface area contributed by atoms with E-state index in [0.717, 1.165) is 43.5 Å². The second kappa shape index (κ2) is 8.09. The third-order valence-corrected chi connectivity index (χ3v) is 7.86. The fourth-order valence-electron chi connectivity index (χ4n) is 6.29. The Balaban J connectivity index is 1.25. The van der Waals surface area contributed by atoms with Gasteiger partial charge < -0.3 is 19.5 Å². The topological polar surface area (TPSA) is 45.2 Å². The van der Waals surface area contributed by atoms with E-state index in [1.54, 1.807) is 7.11 Å². The molecule has 1 aromatic carbocycles. The zero-order valence-corrected chi connectivity index (χ0v) is 18.6. The molecule has 4 atom stereocenters. The summed E-state index contributed by atoms with van der Waals surface area (Å²) >= 11 is 0. The Bertz CT molecular complexity index is 696. The summed E-state index contributed by atoms with van der Waals surface area (Å²) in [6.07, 6.45) is 3.73. The van der Waals surface area contributed by atoms with Gasteiger partial charge >= 0.3 is 0 Å². The fourth-order valence-corrected chi connectivity index (χ4v) is 6.29. The van der Waals surface area contributed by atoms with Crippen LogP contribution < -0.4 is 9.64 Å². The molecule has 5 heteroatoms. The Morgan fingerprint density at radius 1 is 1.14 bits per heavy atom. The number of fused-ring (bicyclic) bond motifs is 2. The molecular weight excluding hydrogens is 364 g/mol. The van der Waals surface area contributed by atoms with Crippen molar-refractivity contribution < 1.29 is 14.6 Å². The molecular formula is C24H38N2O3. The average Bonchev–Trinajstić information content (AvgIpc) is 3.19. The molecule has 0 spiro atoms. The van der Waals surface area contributed by atoms with E-state index in [4.69, 9.17) is 9.47 Å². The summed E-state index contributed by atoms with van der Waals surface area (Å²) in [5.41, 5.74) is 1.69.